The van der Waals surface area contributed by atoms with Crippen LogP contribution in [0.1, 0.15) is 46.8 Å². The molecule has 0 amide bonds. The van der Waals surface area contributed by atoms with Crippen molar-refractivity contribution in [2.45, 2.75) is 25.3 Å². The standard InChI is InChI=1S/C21H20FNO2/c1-2-25-21(24)13-10-11-19-17(12-13)14-7-5-8-15(14)20(23-19)16-6-3-4-9-18(16)22/h3-7,9-12,14-15,20,23H,2,8H2,1H3/t14-,15-,20-/m1/s1. The fraction of sp³-hybridized carbons (Fsp3) is 0.286. The van der Waals surface area contributed by atoms with E-state index in [1.165, 1.54) is 6.07 Å². The molecule has 1 N–H and O–H groups in total. The number of ether oxygens (including phenoxy) is 1. The summed E-state index contributed by atoms with van der Waals surface area (Å²) in [6, 6.07) is 12.4. The van der Waals surface area contributed by atoms with Gasteiger partial charge in [-0.05, 0) is 49.1 Å². The maximum absolute atomic E-state index is 14.3. The first-order valence-corrected chi connectivity index (χ1v) is 8.67. The number of hydrogen-bond acceptors (Lipinski definition) is 3. The number of halogens is 1. The SMILES string of the molecule is CCOC(=O)c1ccc2c(c1)[C@@H]1C=CC[C@H]1[C@H](c1ccccc1F)N2. The summed E-state index contributed by atoms with van der Waals surface area (Å²) in [5.74, 6) is -0.0747. The normalized spacial score (nSPS) is 23.5. The molecule has 0 saturated carbocycles. The lowest BCUT2D eigenvalue weighted by atomic mass is 9.76. The Morgan fingerprint density at radius 2 is 2.08 bits per heavy atom. The molecule has 1 heterocycles. The Bertz CT molecular complexity index is 846. The highest BCUT2D eigenvalue weighted by Gasteiger charge is 2.39. The summed E-state index contributed by atoms with van der Waals surface area (Å²) in [6.45, 7) is 2.15. The van der Waals surface area contributed by atoms with Crippen molar-refractivity contribution in [3.05, 3.63) is 77.1 Å². The van der Waals surface area contributed by atoms with E-state index in [9.17, 15) is 9.18 Å². The zero-order valence-corrected chi connectivity index (χ0v) is 14.0. The smallest absolute Gasteiger partial charge is 0.338 e. The molecule has 0 saturated heterocycles. The second-order valence-electron chi connectivity index (χ2n) is 6.52. The molecule has 1 aliphatic carbocycles. The summed E-state index contributed by atoms with van der Waals surface area (Å²) in [7, 11) is 0. The van der Waals surface area contributed by atoms with Gasteiger partial charge >= 0.3 is 5.97 Å². The number of carbonyl (C=O) groups is 1. The molecule has 0 bridgehead atoms. The van der Waals surface area contributed by atoms with Gasteiger partial charge in [0, 0.05) is 17.2 Å². The Morgan fingerprint density at radius 1 is 1.24 bits per heavy atom. The number of hydrogen-bond donors (Lipinski definition) is 1. The van der Waals surface area contributed by atoms with Crippen molar-refractivity contribution in [2.75, 3.05) is 11.9 Å². The van der Waals surface area contributed by atoms with Gasteiger partial charge in [0.1, 0.15) is 5.82 Å². The summed E-state index contributed by atoms with van der Waals surface area (Å²) in [6.07, 6.45) is 5.21. The van der Waals surface area contributed by atoms with Gasteiger partial charge in [0.2, 0.25) is 0 Å². The zero-order valence-electron chi connectivity index (χ0n) is 14.0. The van der Waals surface area contributed by atoms with Gasteiger partial charge in [-0.25, -0.2) is 9.18 Å². The minimum atomic E-state index is -0.306. The van der Waals surface area contributed by atoms with E-state index in [-0.39, 0.29) is 29.7 Å². The van der Waals surface area contributed by atoms with Gasteiger partial charge in [0.05, 0.1) is 18.2 Å². The monoisotopic (exact) mass is 337 g/mol. The molecule has 2 aromatic rings. The van der Waals surface area contributed by atoms with Gasteiger partial charge in [0.15, 0.2) is 0 Å². The van der Waals surface area contributed by atoms with Gasteiger partial charge in [-0.3, -0.25) is 0 Å². The van der Waals surface area contributed by atoms with E-state index in [2.05, 4.69) is 17.5 Å². The molecular formula is C21H20FNO2. The van der Waals surface area contributed by atoms with Crippen LogP contribution in [0, 0.1) is 11.7 Å². The molecule has 4 rings (SSSR count). The highest BCUT2D eigenvalue weighted by atomic mass is 19.1. The maximum Gasteiger partial charge on any atom is 0.338 e. The Labute approximate surface area is 146 Å². The first kappa shape index (κ1) is 15.9. The lowest BCUT2D eigenvalue weighted by Crippen LogP contribution is -2.30. The molecule has 0 unspecified atom stereocenters. The van der Waals surface area contributed by atoms with Gasteiger partial charge in [-0.2, -0.15) is 0 Å². The molecule has 0 spiro atoms. The summed E-state index contributed by atoms with van der Waals surface area (Å²) in [4.78, 5) is 12.0. The first-order chi connectivity index (χ1) is 12.2. The highest BCUT2D eigenvalue weighted by molar-refractivity contribution is 5.90. The molecule has 0 aromatic heterocycles. The third-order valence-corrected chi connectivity index (χ3v) is 5.11. The highest BCUT2D eigenvalue weighted by Crippen LogP contribution is 2.50. The van der Waals surface area contributed by atoms with Crippen LogP contribution < -0.4 is 5.32 Å². The minimum absolute atomic E-state index is 0.0813. The minimum Gasteiger partial charge on any atom is -0.462 e. The molecule has 0 fully saturated rings. The number of carbonyl (C=O) groups excluding carboxylic acids is 1. The van der Waals surface area contributed by atoms with E-state index in [0.717, 1.165) is 17.7 Å². The first-order valence-electron chi connectivity index (χ1n) is 8.67. The number of fused-ring (bicyclic) bond motifs is 3. The summed E-state index contributed by atoms with van der Waals surface area (Å²) in [5, 5.41) is 3.49. The fourth-order valence-electron chi connectivity index (χ4n) is 3.97. The molecule has 25 heavy (non-hydrogen) atoms. The molecule has 1 aliphatic heterocycles. The topological polar surface area (TPSA) is 38.3 Å². The van der Waals surface area contributed by atoms with E-state index < -0.39 is 0 Å². The Balaban J connectivity index is 1.74. The quantitative estimate of drug-likeness (QED) is 0.644. The van der Waals surface area contributed by atoms with E-state index in [0.29, 0.717) is 17.7 Å². The van der Waals surface area contributed by atoms with Crippen molar-refractivity contribution < 1.29 is 13.9 Å². The average molecular weight is 337 g/mol. The Morgan fingerprint density at radius 3 is 2.88 bits per heavy atom. The van der Waals surface area contributed by atoms with Gasteiger partial charge < -0.3 is 10.1 Å². The largest absolute Gasteiger partial charge is 0.462 e. The van der Waals surface area contributed by atoms with E-state index in [1.54, 1.807) is 19.1 Å². The summed E-state index contributed by atoms with van der Waals surface area (Å²) < 4.78 is 19.4. The lowest BCUT2D eigenvalue weighted by molar-refractivity contribution is 0.0526. The third kappa shape index (κ3) is 2.72. The van der Waals surface area contributed by atoms with Crippen molar-refractivity contribution in [2.24, 2.45) is 5.92 Å². The molecule has 3 atom stereocenters. The van der Waals surface area contributed by atoms with Crippen LogP contribution in [0.3, 0.4) is 0 Å². The van der Waals surface area contributed by atoms with Gasteiger partial charge in [-0.1, -0.05) is 30.4 Å². The third-order valence-electron chi connectivity index (χ3n) is 5.11. The fourth-order valence-corrected chi connectivity index (χ4v) is 3.97. The Hall–Kier alpha value is -2.62. The van der Waals surface area contributed by atoms with Gasteiger partial charge in [-0.15, -0.1) is 0 Å². The van der Waals surface area contributed by atoms with Crippen LogP contribution in [-0.4, -0.2) is 12.6 Å². The second-order valence-corrected chi connectivity index (χ2v) is 6.52. The number of allylic oxidation sites excluding steroid dienone is 2. The maximum atomic E-state index is 14.3. The second kappa shape index (κ2) is 6.36. The number of rotatable bonds is 3. The predicted molar refractivity (Wildman–Crippen MR) is 95.2 cm³/mol. The molecule has 2 aliphatic rings. The lowest BCUT2D eigenvalue weighted by Gasteiger charge is -2.37. The van der Waals surface area contributed by atoms with Crippen molar-refractivity contribution in [3.63, 3.8) is 0 Å². The van der Waals surface area contributed by atoms with Crippen LogP contribution in [0.25, 0.3) is 0 Å². The zero-order chi connectivity index (χ0) is 17.4. The van der Waals surface area contributed by atoms with Crippen LogP contribution >= 0.6 is 0 Å². The molecule has 3 nitrogen and oxygen atoms in total. The number of nitrogens with one attached hydrogen (secondary N) is 1. The molecule has 0 radical (unpaired) electrons. The number of benzene rings is 2. The van der Waals surface area contributed by atoms with Crippen molar-refractivity contribution >= 4 is 11.7 Å². The van der Waals surface area contributed by atoms with Crippen molar-refractivity contribution in [1.29, 1.82) is 0 Å². The van der Waals surface area contributed by atoms with E-state index >= 15 is 0 Å². The molecular weight excluding hydrogens is 317 g/mol. The average Bonchev–Trinajstić information content (AvgIpc) is 3.11. The van der Waals surface area contributed by atoms with Crippen LogP contribution in [0.15, 0.2) is 54.6 Å². The van der Waals surface area contributed by atoms with Crippen LogP contribution in [0.2, 0.25) is 0 Å². The van der Waals surface area contributed by atoms with Crippen LogP contribution in [0.5, 0.6) is 0 Å². The van der Waals surface area contributed by atoms with Crippen LogP contribution in [0.4, 0.5) is 10.1 Å². The number of anilines is 1. The summed E-state index contributed by atoms with van der Waals surface area (Å²) in [5.41, 5.74) is 3.29. The van der Waals surface area contributed by atoms with Gasteiger partial charge in [0.25, 0.3) is 0 Å². The molecule has 4 heteroatoms. The van der Waals surface area contributed by atoms with E-state index in [1.807, 2.05) is 24.3 Å². The van der Waals surface area contributed by atoms with Crippen molar-refractivity contribution in [1.82, 2.24) is 0 Å². The summed E-state index contributed by atoms with van der Waals surface area (Å²) >= 11 is 0. The van der Waals surface area contributed by atoms with Crippen molar-refractivity contribution in [3.8, 4) is 0 Å². The van der Waals surface area contributed by atoms with E-state index in [4.69, 9.17) is 4.74 Å². The molecule has 2 aromatic carbocycles. The van der Waals surface area contributed by atoms with Crippen LogP contribution in [-0.2, 0) is 4.74 Å². The predicted octanol–water partition coefficient (Wildman–Crippen LogP) is 4.83. The Kier molecular flexibility index (Phi) is 4.04. The number of esters is 1. The molecule has 128 valence electrons.